The van der Waals surface area contributed by atoms with E-state index < -0.39 is 5.97 Å². The first kappa shape index (κ1) is 15.3. The second-order valence-electron chi connectivity index (χ2n) is 4.54. The molecule has 1 rings (SSSR count). The largest absolute Gasteiger partial charge is 0.497 e. The number of aliphatic carboxylic acids is 1. The van der Waals surface area contributed by atoms with Gasteiger partial charge in [0.15, 0.2) is 0 Å². The van der Waals surface area contributed by atoms with Gasteiger partial charge in [0.1, 0.15) is 11.5 Å². The molecule has 0 bridgehead atoms. The number of hydrogen-bond donors (Lipinski definition) is 2. The van der Waals surface area contributed by atoms with Crippen LogP contribution in [-0.2, 0) is 4.79 Å². The fourth-order valence-corrected chi connectivity index (χ4v) is 1.93. The van der Waals surface area contributed by atoms with Gasteiger partial charge in [-0.3, -0.25) is 4.79 Å². The van der Waals surface area contributed by atoms with Gasteiger partial charge in [0, 0.05) is 12.5 Å². The summed E-state index contributed by atoms with van der Waals surface area (Å²) in [4.78, 5) is 10.7. The number of ether oxygens (including phenoxy) is 2. The van der Waals surface area contributed by atoms with Crippen molar-refractivity contribution in [1.29, 1.82) is 0 Å². The highest BCUT2D eigenvalue weighted by Gasteiger charge is 2.16. The molecule has 0 amide bonds. The van der Waals surface area contributed by atoms with Crippen molar-refractivity contribution in [3.05, 3.63) is 24.3 Å². The van der Waals surface area contributed by atoms with Gasteiger partial charge in [-0.2, -0.15) is 0 Å². The first-order valence-corrected chi connectivity index (χ1v) is 6.27. The molecule has 0 spiro atoms. The molecule has 5 nitrogen and oxygen atoms in total. The van der Waals surface area contributed by atoms with Crippen LogP contribution < -0.4 is 15.2 Å². The van der Waals surface area contributed by atoms with Crippen molar-refractivity contribution in [2.75, 3.05) is 13.7 Å². The molecule has 0 radical (unpaired) electrons. The van der Waals surface area contributed by atoms with E-state index in [0.717, 1.165) is 5.75 Å². The molecule has 0 aromatic heterocycles. The van der Waals surface area contributed by atoms with E-state index in [1.807, 2.05) is 25.1 Å². The Morgan fingerprint density at radius 1 is 1.42 bits per heavy atom. The average Bonchev–Trinajstić information content (AvgIpc) is 2.37. The predicted molar refractivity (Wildman–Crippen MR) is 72.5 cm³/mol. The molecule has 19 heavy (non-hydrogen) atoms. The minimum Gasteiger partial charge on any atom is -0.497 e. The zero-order chi connectivity index (χ0) is 14.3. The number of carbonyl (C=O) groups is 1. The highest BCUT2D eigenvalue weighted by molar-refractivity contribution is 5.67. The zero-order valence-electron chi connectivity index (χ0n) is 11.3. The average molecular weight is 267 g/mol. The normalized spacial score (nSPS) is 13.6. The van der Waals surface area contributed by atoms with Crippen molar-refractivity contribution in [2.45, 2.75) is 25.9 Å². The van der Waals surface area contributed by atoms with E-state index in [0.29, 0.717) is 18.7 Å². The Labute approximate surface area is 113 Å². The maximum atomic E-state index is 10.7. The smallest absolute Gasteiger partial charge is 0.303 e. The quantitative estimate of drug-likeness (QED) is 0.751. The Hall–Kier alpha value is -1.75. The van der Waals surface area contributed by atoms with Crippen molar-refractivity contribution in [3.8, 4) is 11.5 Å². The molecule has 0 saturated heterocycles. The van der Waals surface area contributed by atoms with E-state index in [1.165, 1.54) is 0 Å². The topological polar surface area (TPSA) is 81.8 Å². The van der Waals surface area contributed by atoms with Crippen molar-refractivity contribution in [3.63, 3.8) is 0 Å². The molecule has 0 heterocycles. The molecule has 0 fully saturated rings. The number of benzene rings is 1. The first-order valence-electron chi connectivity index (χ1n) is 6.27. The second kappa shape index (κ2) is 7.63. The van der Waals surface area contributed by atoms with Gasteiger partial charge in [-0.05, 0) is 37.9 Å². The van der Waals surface area contributed by atoms with Crippen LogP contribution in [0.15, 0.2) is 24.3 Å². The SMILES string of the molecule is COc1cccc(O[C@@H](C)C[C@H](CN)CC(=O)O)c1. The van der Waals surface area contributed by atoms with Crippen LogP contribution in [0.2, 0.25) is 0 Å². The third kappa shape index (κ3) is 5.61. The summed E-state index contributed by atoms with van der Waals surface area (Å²) in [6.07, 6.45) is 0.586. The van der Waals surface area contributed by atoms with Crippen molar-refractivity contribution in [1.82, 2.24) is 0 Å². The summed E-state index contributed by atoms with van der Waals surface area (Å²) in [6.45, 7) is 2.25. The summed E-state index contributed by atoms with van der Waals surface area (Å²) in [7, 11) is 1.60. The van der Waals surface area contributed by atoms with Crippen LogP contribution in [-0.4, -0.2) is 30.8 Å². The maximum absolute atomic E-state index is 10.7. The molecular weight excluding hydrogens is 246 g/mol. The van der Waals surface area contributed by atoms with E-state index in [2.05, 4.69) is 0 Å². The van der Waals surface area contributed by atoms with E-state index in [9.17, 15) is 4.79 Å². The lowest BCUT2D eigenvalue weighted by Gasteiger charge is -2.19. The Balaban J connectivity index is 2.53. The van der Waals surface area contributed by atoms with E-state index in [-0.39, 0.29) is 18.4 Å². The van der Waals surface area contributed by atoms with Crippen molar-refractivity contribution < 1.29 is 19.4 Å². The van der Waals surface area contributed by atoms with Crippen molar-refractivity contribution in [2.24, 2.45) is 11.7 Å². The number of nitrogens with two attached hydrogens (primary N) is 1. The molecule has 106 valence electrons. The lowest BCUT2D eigenvalue weighted by molar-refractivity contribution is -0.138. The third-order valence-corrected chi connectivity index (χ3v) is 2.84. The molecule has 1 aromatic rings. The minimum atomic E-state index is -0.830. The number of carboxylic acid groups (broad SMARTS) is 1. The number of methoxy groups -OCH3 is 1. The van der Waals surface area contributed by atoms with Gasteiger partial charge in [0.25, 0.3) is 0 Å². The summed E-state index contributed by atoms with van der Waals surface area (Å²) in [5.74, 6) is 0.533. The molecule has 2 atom stereocenters. The summed E-state index contributed by atoms with van der Waals surface area (Å²) in [6, 6.07) is 7.32. The molecule has 0 aliphatic heterocycles. The van der Waals surface area contributed by atoms with Gasteiger partial charge in [-0.1, -0.05) is 6.07 Å². The first-order chi connectivity index (χ1) is 9.05. The molecule has 5 heteroatoms. The van der Waals surface area contributed by atoms with Crippen LogP contribution in [0, 0.1) is 5.92 Å². The predicted octanol–water partition coefficient (Wildman–Crippen LogP) is 1.90. The Kier molecular flexibility index (Phi) is 6.15. The fraction of sp³-hybridized carbons (Fsp3) is 0.500. The van der Waals surface area contributed by atoms with E-state index >= 15 is 0 Å². The molecule has 0 unspecified atom stereocenters. The van der Waals surface area contributed by atoms with Gasteiger partial charge in [0.05, 0.1) is 13.2 Å². The Morgan fingerprint density at radius 3 is 2.68 bits per heavy atom. The van der Waals surface area contributed by atoms with E-state index in [1.54, 1.807) is 13.2 Å². The number of rotatable bonds is 8. The Bertz CT molecular complexity index is 408. The molecule has 3 N–H and O–H groups in total. The lowest BCUT2D eigenvalue weighted by Crippen LogP contribution is -2.24. The van der Waals surface area contributed by atoms with Gasteiger partial charge in [-0.25, -0.2) is 0 Å². The van der Waals surface area contributed by atoms with Crippen LogP contribution in [0.3, 0.4) is 0 Å². The van der Waals surface area contributed by atoms with Crippen molar-refractivity contribution >= 4 is 5.97 Å². The van der Waals surface area contributed by atoms with Crippen LogP contribution in [0.25, 0.3) is 0 Å². The van der Waals surface area contributed by atoms with Crippen LogP contribution in [0.4, 0.5) is 0 Å². The summed E-state index contributed by atoms with van der Waals surface area (Å²) in [5.41, 5.74) is 5.57. The molecule has 0 saturated carbocycles. The number of carboxylic acids is 1. The monoisotopic (exact) mass is 267 g/mol. The number of hydrogen-bond acceptors (Lipinski definition) is 4. The summed E-state index contributed by atoms with van der Waals surface area (Å²) in [5, 5.41) is 8.77. The fourth-order valence-electron chi connectivity index (χ4n) is 1.93. The molecule has 0 aliphatic rings. The van der Waals surface area contributed by atoms with Gasteiger partial charge < -0.3 is 20.3 Å². The highest BCUT2D eigenvalue weighted by Crippen LogP contribution is 2.22. The molecular formula is C14H21NO4. The Morgan fingerprint density at radius 2 is 2.11 bits per heavy atom. The van der Waals surface area contributed by atoms with Crippen LogP contribution in [0.5, 0.6) is 11.5 Å². The maximum Gasteiger partial charge on any atom is 0.303 e. The summed E-state index contributed by atoms with van der Waals surface area (Å²) < 4.78 is 10.9. The van der Waals surface area contributed by atoms with Gasteiger partial charge >= 0.3 is 5.97 Å². The standard InChI is InChI=1S/C14H21NO4/c1-10(6-11(9-15)7-14(16)17)19-13-5-3-4-12(8-13)18-2/h3-5,8,10-11H,6-7,9,15H2,1-2H3,(H,16,17)/t10-,11-/m0/s1. The molecule has 1 aromatic carbocycles. The minimum absolute atomic E-state index is 0.0712. The van der Waals surface area contributed by atoms with Crippen LogP contribution in [0.1, 0.15) is 19.8 Å². The lowest BCUT2D eigenvalue weighted by atomic mass is 9.99. The third-order valence-electron chi connectivity index (χ3n) is 2.84. The van der Waals surface area contributed by atoms with E-state index in [4.69, 9.17) is 20.3 Å². The van der Waals surface area contributed by atoms with Gasteiger partial charge in [-0.15, -0.1) is 0 Å². The zero-order valence-corrected chi connectivity index (χ0v) is 11.3. The highest BCUT2D eigenvalue weighted by atomic mass is 16.5. The second-order valence-corrected chi connectivity index (χ2v) is 4.54. The summed E-state index contributed by atoms with van der Waals surface area (Å²) >= 11 is 0. The molecule has 0 aliphatic carbocycles. The van der Waals surface area contributed by atoms with Crippen LogP contribution >= 0.6 is 0 Å². The van der Waals surface area contributed by atoms with Gasteiger partial charge in [0.2, 0.25) is 0 Å².